The van der Waals surface area contributed by atoms with Crippen molar-refractivity contribution in [2.75, 3.05) is 17.2 Å². The molecule has 0 bridgehead atoms. The van der Waals surface area contributed by atoms with Crippen LogP contribution in [0.15, 0.2) is 97.2 Å². The standard InChI is InChI=1S/C28H27N5O4/c1-33-25(23(19-30-33)31-26(35)24(34)17-18-29-27(36)37)32-28(20-11-5-2-6-12-20,21-13-7-3-8-14-21)22-15-9-4-10-16-22/h2-16,19,29,32H,17-18H2,1H3,(H,31,35)(H,36,37)/p-1. The molecule has 1 heterocycles. The minimum Gasteiger partial charge on any atom is -0.530 e. The fourth-order valence-electron chi connectivity index (χ4n) is 4.22. The number of anilines is 2. The Morgan fingerprint density at radius 2 is 1.32 bits per heavy atom. The van der Waals surface area contributed by atoms with Crippen LogP contribution >= 0.6 is 0 Å². The molecule has 0 atom stereocenters. The third kappa shape index (κ3) is 5.51. The minimum absolute atomic E-state index is 0.216. The fraction of sp³-hybridized carbons (Fsp3) is 0.143. The van der Waals surface area contributed by atoms with E-state index in [1.807, 2.05) is 96.3 Å². The molecular weight excluding hydrogens is 470 g/mol. The predicted molar refractivity (Wildman–Crippen MR) is 138 cm³/mol. The molecule has 4 aromatic rings. The summed E-state index contributed by atoms with van der Waals surface area (Å²) in [6.07, 6.45) is -0.352. The molecule has 0 unspecified atom stereocenters. The summed E-state index contributed by atoms with van der Waals surface area (Å²) in [6.45, 7) is -0.216. The molecule has 0 saturated heterocycles. The van der Waals surface area contributed by atoms with E-state index in [0.29, 0.717) is 11.5 Å². The first-order valence-electron chi connectivity index (χ1n) is 11.7. The van der Waals surface area contributed by atoms with Crippen LogP contribution in [-0.2, 0) is 22.2 Å². The Morgan fingerprint density at radius 3 is 1.78 bits per heavy atom. The number of carboxylic acid groups (broad SMARTS) is 1. The van der Waals surface area contributed by atoms with Gasteiger partial charge in [-0.3, -0.25) is 14.3 Å². The predicted octanol–water partition coefficient (Wildman–Crippen LogP) is 2.65. The van der Waals surface area contributed by atoms with E-state index < -0.39 is 23.3 Å². The summed E-state index contributed by atoms with van der Waals surface area (Å²) < 4.78 is 1.58. The van der Waals surface area contributed by atoms with Crippen molar-refractivity contribution < 1.29 is 19.5 Å². The van der Waals surface area contributed by atoms with Gasteiger partial charge < -0.3 is 25.9 Å². The number of benzene rings is 3. The summed E-state index contributed by atoms with van der Waals surface area (Å²) in [4.78, 5) is 35.4. The molecular formula is C28H26N5O4-. The molecule has 188 valence electrons. The van der Waals surface area contributed by atoms with Crippen molar-refractivity contribution in [1.82, 2.24) is 15.1 Å². The van der Waals surface area contributed by atoms with E-state index in [1.165, 1.54) is 6.20 Å². The second kappa shape index (κ2) is 11.2. The second-order valence-electron chi connectivity index (χ2n) is 8.35. The number of amides is 2. The number of aryl methyl sites for hydroxylation is 1. The van der Waals surface area contributed by atoms with E-state index >= 15 is 0 Å². The molecule has 9 heteroatoms. The van der Waals surface area contributed by atoms with Gasteiger partial charge in [-0.1, -0.05) is 91.0 Å². The van der Waals surface area contributed by atoms with E-state index in [-0.39, 0.29) is 13.0 Å². The molecule has 2 amide bonds. The van der Waals surface area contributed by atoms with Gasteiger partial charge in [0.15, 0.2) is 0 Å². The van der Waals surface area contributed by atoms with Crippen LogP contribution in [0.2, 0.25) is 0 Å². The van der Waals surface area contributed by atoms with Gasteiger partial charge in [0.25, 0.3) is 5.91 Å². The number of rotatable bonds is 10. The monoisotopic (exact) mass is 496 g/mol. The highest BCUT2D eigenvalue weighted by molar-refractivity contribution is 6.40. The van der Waals surface area contributed by atoms with Gasteiger partial charge in [0, 0.05) is 20.0 Å². The van der Waals surface area contributed by atoms with Crippen molar-refractivity contribution >= 4 is 29.3 Å². The second-order valence-corrected chi connectivity index (χ2v) is 8.35. The van der Waals surface area contributed by atoms with Crippen LogP contribution in [0.3, 0.4) is 0 Å². The maximum absolute atomic E-state index is 12.6. The van der Waals surface area contributed by atoms with E-state index in [9.17, 15) is 19.5 Å². The SMILES string of the molecule is Cn1ncc(NC(=O)C(=O)CCNC(=O)[O-])c1NC(c1ccccc1)(c1ccccc1)c1ccccc1. The summed E-state index contributed by atoms with van der Waals surface area (Å²) >= 11 is 0. The number of hydrogen-bond donors (Lipinski definition) is 3. The Hall–Kier alpha value is -4.92. The van der Waals surface area contributed by atoms with Gasteiger partial charge in [0.1, 0.15) is 23.1 Å². The lowest BCUT2D eigenvalue weighted by atomic mass is 9.77. The number of aromatic nitrogens is 2. The molecule has 0 aliphatic rings. The third-order valence-corrected chi connectivity index (χ3v) is 5.99. The molecule has 0 aliphatic heterocycles. The van der Waals surface area contributed by atoms with Gasteiger partial charge in [-0.25, -0.2) is 0 Å². The Labute approximate surface area is 214 Å². The van der Waals surface area contributed by atoms with Crippen molar-refractivity contribution in [3.05, 3.63) is 114 Å². The highest BCUT2D eigenvalue weighted by Gasteiger charge is 2.38. The molecule has 0 aliphatic carbocycles. The Morgan fingerprint density at radius 1 is 0.838 bits per heavy atom. The van der Waals surface area contributed by atoms with Crippen molar-refractivity contribution in [2.45, 2.75) is 12.0 Å². The van der Waals surface area contributed by atoms with Crippen LogP contribution in [0.1, 0.15) is 23.1 Å². The maximum atomic E-state index is 12.6. The summed E-state index contributed by atoms with van der Waals surface area (Å²) in [5, 5.41) is 23.1. The van der Waals surface area contributed by atoms with Crippen molar-refractivity contribution in [3.8, 4) is 0 Å². The summed E-state index contributed by atoms with van der Waals surface area (Å²) in [5.74, 6) is -1.17. The number of hydrogen-bond acceptors (Lipinski definition) is 6. The first-order chi connectivity index (χ1) is 17.9. The fourth-order valence-corrected chi connectivity index (χ4v) is 4.22. The summed E-state index contributed by atoms with van der Waals surface area (Å²) in [6, 6.07) is 29.7. The van der Waals surface area contributed by atoms with E-state index in [2.05, 4.69) is 15.7 Å². The van der Waals surface area contributed by atoms with Crippen molar-refractivity contribution in [1.29, 1.82) is 0 Å². The first-order valence-corrected chi connectivity index (χ1v) is 11.7. The van der Waals surface area contributed by atoms with E-state index in [4.69, 9.17) is 0 Å². The van der Waals surface area contributed by atoms with Crippen LogP contribution in [-0.4, -0.2) is 34.1 Å². The Kier molecular flexibility index (Phi) is 7.63. The van der Waals surface area contributed by atoms with Crippen molar-refractivity contribution in [3.63, 3.8) is 0 Å². The molecule has 0 fully saturated rings. The number of nitrogens with zero attached hydrogens (tertiary/aromatic N) is 2. The van der Waals surface area contributed by atoms with E-state index in [1.54, 1.807) is 11.7 Å². The molecule has 3 aromatic carbocycles. The number of nitrogens with one attached hydrogen (secondary N) is 3. The highest BCUT2D eigenvalue weighted by Crippen LogP contribution is 2.41. The lowest BCUT2D eigenvalue weighted by Crippen LogP contribution is -2.39. The van der Waals surface area contributed by atoms with Gasteiger partial charge in [0.05, 0.1) is 6.20 Å². The largest absolute Gasteiger partial charge is 0.530 e. The third-order valence-electron chi connectivity index (χ3n) is 5.99. The van der Waals surface area contributed by atoms with Crippen LogP contribution < -0.4 is 21.1 Å². The van der Waals surface area contributed by atoms with Gasteiger partial charge >= 0.3 is 0 Å². The minimum atomic E-state index is -1.51. The lowest BCUT2D eigenvalue weighted by molar-refractivity contribution is -0.250. The first kappa shape index (κ1) is 25.2. The van der Waals surface area contributed by atoms with Crippen molar-refractivity contribution in [2.24, 2.45) is 7.05 Å². The highest BCUT2D eigenvalue weighted by atomic mass is 16.4. The van der Waals surface area contributed by atoms with Crippen LogP contribution in [0.5, 0.6) is 0 Å². The topological polar surface area (TPSA) is 128 Å². The molecule has 37 heavy (non-hydrogen) atoms. The van der Waals surface area contributed by atoms with Gasteiger partial charge in [0.2, 0.25) is 5.78 Å². The summed E-state index contributed by atoms with van der Waals surface area (Å²) in [5.41, 5.74) is 2.29. The number of ketones is 1. The van der Waals surface area contributed by atoms with Gasteiger partial charge in [-0.05, 0) is 16.7 Å². The zero-order valence-corrected chi connectivity index (χ0v) is 20.2. The number of Topliss-reactive ketones (excluding diaryl/α,β-unsaturated/α-hetero) is 1. The lowest BCUT2D eigenvalue weighted by Gasteiger charge is -2.38. The average molecular weight is 497 g/mol. The normalized spacial score (nSPS) is 10.9. The Bertz CT molecular complexity index is 1280. The van der Waals surface area contributed by atoms with Crippen LogP contribution in [0.4, 0.5) is 16.3 Å². The summed E-state index contributed by atoms with van der Waals surface area (Å²) in [7, 11) is 1.73. The number of carbonyl (C=O) groups is 3. The average Bonchev–Trinajstić information content (AvgIpc) is 3.26. The molecule has 0 spiro atoms. The van der Waals surface area contributed by atoms with Gasteiger partial charge in [-0.2, -0.15) is 5.10 Å². The molecule has 0 radical (unpaired) electrons. The Balaban J connectivity index is 1.76. The molecule has 3 N–H and O–H groups in total. The van der Waals surface area contributed by atoms with Crippen LogP contribution in [0.25, 0.3) is 0 Å². The molecule has 0 saturated carbocycles. The zero-order valence-electron chi connectivity index (χ0n) is 20.2. The molecule has 1 aromatic heterocycles. The quantitative estimate of drug-likeness (QED) is 0.229. The zero-order chi connectivity index (χ0) is 26.3. The van der Waals surface area contributed by atoms with E-state index in [0.717, 1.165) is 16.7 Å². The number of carbonyl (C=O) groups excluding carboxylic acids is 3. The molecule has 4 rings (SSSR count). The smallest absolute Gasteiger partial charge is 0.291 e. The van der Waals surface area contributed by atoms with Gasteiger partial charge in [-0.15, -0.1) is 0 Å². The van der Waals surface area contributed by atoms with Crippen LogP contribution in [0, 0.1) is 0 Å². The molecule has 9 nitrogen and oxygen atoms in total. The maximum Gasteiger partial charge on any atom is 0.291 e.